The summed E-state index contributed by atoms with van der Waals surface area (Å²) in [5.74, 6) is -1.00. The SMILES string of the molecule is CCc1cc(C(=O)OCC(=O)Nc2ccc([N+](=O)[O-])cc2OC)sc1C. The highest BCUT2D eigenvalue weighted by atomic mass is 32.1. The van der Waals surface area contributed by atoms with Gasteiger partial charge in [-0.3, -0.25) is 14.9 Å². The number of carbonyl (C=O) groups excluding carboxylic acids is 2. The molecule has 0 aliphatic rings. The lowest BCUT2D eigenvalue weighted by Gasteiger charge is -2.10. The van der Waals surface area contributed by atoms with E-state index in [2.05, 4.69) is 5.32 Å². The molecular formula is C17H18N2O6S. The summed E-state index contributed by atoms with van der Waals surface area (Å²) in [6, 6.07) is 5.56. The molecule has 0 aliphatic carbocycles. The minimum atomic E-state index is -0.575. The minimum absolute atomic E-state index is 0.139. The fourth-order valence-electron chi connectivity index (χ4n) is 2.26. The zero-order valence-electron chi connectivity index (χ0n) is 14.5. The normalized spacial score (nSPS) is 10.3. The fourth-order valence-corrected chi connectivity index (χ4v) is 3.26. The Bertz CT molecular complexity index is 846. The first-order chi connectivity index (χ1) is 12.3. The molecule has 0 fully saturated rings. The summed E-state index contributed by atoms with van der Waals surface area (Å²) in [5, 5.41) is 13.3. The van der Waals surface area contributed by atoms with Crippen LogP contribution in [-0.2, 0) is 16.0 Å². The van der Waals surface area contributed by atoms with E-state index in [4.69, 9.17) is 9.47 Å². The van der Waals surface area contributed by atoms with Gasteiger partial charge in [-0.15, -0.1) is 11.3 Å². The first kappa shape index (κ1) is 19.4. The largest absolute Gasteiger partial charge is 0.494 e. The number of non-ortho nitro benzene ring substituents is 1. The number of ether oxygens (including phenoxy) is 2. The van der Waals surface area contributed by atoms with Crippen molar-refractivity contribution >= 4 is 34.6 Å². The molecule has 0 bridgehead atoms. The average Bonchev–Trinajstić information content (AvgIpc) is 3.00. The average molecular weight is 378 g/mol. The molecule has 0 saturated carbocycles. The molecule has 8 nitrogen and oxygen atoms in total. The lowest BCUT2D eigenvalue weighted by Crippen LogP contribution is -2.21. The van der Waals surface area contributed by atoms with Crippen LogP contribution in [0.25, 0.3) is 0 Å². The number of benzene rings is 1. The molecule has 9 heteroatoms. The number of rotatable bonds is 7. The molecule has 0 unspecified atom stereocenters. The van der Waals surface area contributed by atoms with Crippen molar-refractivity contribution < 1.29 is 24.0 Å². The third-order valence-corrected chi connectivity index (χ3v) is 4.68. The van der Waals surface area contributed by atoms with Crippen LogP contribution in [0.3, 0.4) is 0 Å². The number of nitrogens with one attached hydrogen (secondary N) is 1. The van der Waals surface area contributed by atoms with E-state index in [1.807, 2.05) is 13.8 Å². The van der Waals surface area contributed by atoms with Gasteiger partial charge in [-0.2, -0.15) is 0 Å². The second-order valence-corrected chi connectivity index (χ2v) is 6.57. The molecule has 0 aliphatic heterocycles. The number of carbonyl (C=O) groups is 2. The van der Waals surface area contributed by atoms with E-state index in [9.17, 15) is 19.7 Å². The highest BCUT2D eigenvalue weighted by Gasteiger charge is 2.17. The Morgan fingerprint density at radius 3 is 2.62 bits per heavy atom. The quantitative estimate of drug-likeness (QED) is 0.450. The van der Waals surface area contributed by atoms with E-state index in [1.165, 1.54) is 36.6 Å². The van der Waals surface area contributed by atoms with Crippen LogP contribution in [0.2, 0.25) is 0 Å². The number of esters is 1. The minimum Gasteiger partial charge on any atom is -0.494 e. The van der Waals surface area contributed by atoms with Gasteiger partial charge in [-0.05, 0) is 31.0 Å². The molecule has 2 aromatic rings. The molecule has 26 heavy (non-hydrogen) atoms. The van der Waals surface area contributed by atoms with Crippen molar-refractivity contribution in [3.05, 3.63) is 49.7 Å². The van der Waals surface area contributed by atoms with Crippen LogP contribution in [0.4, 0.5) is 11.4 Å². The number of amides is 1. The maximum atomic E-state index is 12.0. The van der Waals surface area contributed by atoms with Gasteiger partial charge >= 0.3 is 5.97 Å². The van der Waals surface area contributed by atoms with Crippen molar-refractivity contribution in [3.63, 3.8) is 0 Å². The topological polar surface area (TPSA) is 108 Å². The summed E-state index contributed by atoms with van der Waals surface area (Å²) in [5.41, 5.74) is 1.16. The zero-order valence-corrected chi connectivity index (χ0v) is 15.3. The van der Waals surface area contributed by atoms with Gasteiger partial charge in [-0.1, -0.05) is 6.92 Å². The number of hydrogen-bond donors (Lipinski definition) is 1. The Labute approximate surface area is 153 Å². The molecule has 1 aromatic heterocycles. The first-order valence-electron chi connectivity index (χ1n) is 7.74. The number of nitro groups is 1. The molecule has 2 rings (SSSR count). The smallest absolute Gasteiger partial charge is 0.348 e. The highest BCUT2D eigenvalue weighted by Crippen LogP contribution is 2.29. The second kappa shape index (κ2) is 8.43. The highest BCUT2D eigenvalue weighted by molar-refractivity contribution is 7.14. The standard InChI is InChI=1S/C17H18N2O6S/c1-4-11-7-15(26-10(11)2)17(21)25-9-16(20)18-13-6-5-12(19(22)23)8-14(13)24-3/h5-8H,4,9H2,1-3H3,(H,18,20). The third-order valence-electron chi connectivity index (χ3n) is 3.61. The summed E-state index contributed by atoms with van der Waals surface area (Å²) >= 11 is 1.32. The summed E-state index contributed by atoms with van der Waals surface area (Å²) < 4.78 is 10.1. The van der Waals surface area contributed by atoms with E-state index >= 15 is 0 Å². The van der Waals surface area contributed by atoms with Gasteiger partial charge in [0.1, 0.15) is 10.6 Å². The van der Waals surface area contributed by atoms with E-state index in [-0.39, 0.29) is 17.1 Å². The summed E-state index contributed by atoms with van der Waals surface area (Å²) in [7, 11) is 1.33. The summed E-state index contributed by atoms with van der Waals surface area (Å²) in [4.78, 5) is 35.7. The van der Waals surface area contributed by atoms with Crippen molar-refractivity contribution in [1.29, 1.82) is 0 Å². The lowest BCUT2D eigenvalue weighted by atomic mass is 10.2. The lowest BCUT2D eigenvalue weighted by molar-refractivity contribution is -0.384. The van der Waals surface area contributed by atoms with Crippen molar-refractivity contribution in [2.45, 2.75) is 20.3 Å². The molecule has 1 aromatic carbocycles. The molecule has 1 heterocycles. The third kappa shape index (κ3) is 4.57. The molecule has 138 valence electrons. The summed E-state index contributed by atoms with van der Waals surface area (Å²) in [6.45, 7) is 3.44. The van der Waals surface area contributed by atoms with Crippen LogP contribution in [-0.4, -0.2) is 30.5 Å². The van der Waals surface area contributed by atoms with Crippen LogP contribution >= 0.6 is 11.3 Å². The Morgan fingerprint density at radius 2 is 2.04 bits per heavy atom. The van der Waals surface area contributed by atoms with Crippen molar-refractivity contribution in [3.8, 4) is 5.75 Å². The number of nitro benzene ring substituents is 1. The monoisotopic (exact) mass is 378 g/mol. The van der Waals surface area contributed by atoms with Crippen LogP contribution in [0, 0.1) is 17.0 Å². The molecule has 1 amide bonds. The summed E-state index contributed by atoms with van der Waals surface area (Å²) in [6.07, 6.45) is 0.816. The molecule has 0 spiro atoms. The maximum absolute atomic E-state index is 12.0. The van der Waals surface area contributed by atoms with Crippen LogP contribution in [0.1, 0.15) is 27.0 Å². The molecule has 0 atom stereocenters. The number of anilines is 1. The first-order valence-corrected chi connectivity index (χ1v) is 8.56. The molecule has 0 saturated heterocycles. The van der Waals surface area contributed by atoms with Gasteiger partial charge < -0.3 is 14.8 Å². The number of hydrogen-bond acceptors (Lipinski definition) is 7. The second-order valence-electron chi connectivity index (χ2n) is 5.31. The Hall–Kier alpha value is -2.94. The van der Waals surface area contributed by atoms with E-state index in [0.717, 1.165) is 16.9 Å². The van der Waals surface area contributed by atoms with Gasteiger partial charge in [0.2, 0.25) is 0 Å². The Balaban J connectivity index is 1.98. The Kier molecular flexibility index (Phi) is 6.29. The number of nitrogens with zero attached hydrogens (tertiary/aromatic N) is 1. The number of methoxy groups -OCH3 is 1. The van der Waals surface area contributed by atoms with Gasteiger partial charge in [0, 0.05) is 10.9 Å². The Morgan fingerprint density at radius 1 is 1.31 bits per heavy atom. The van der Waals surface area contributed by atoms with Crippen molar-refractivity contribution in [1.82, 2.24) is 0 Å². The molecule has 0 radical (unpaired) electrons. The predicted octanol–water partition coefficient (Wildman–Crippen LogP) is 3.33. The molecular weight excluding hydrogens is 360 g/mol. The van der Waals surface area contributed by atoms with E-state index < -0.39 is 23.4 Å². The molecule has 1 N–H and O–H groups in total. The fraction of sp³-hybridized carbons (Fsp3) is 0.294. The van der Waals surface area contributed by atoms with Gasteiger partial charge in [-0.25, -0.2) is 4.79 Å². The van der Waals surface area contributed by atoms with Crippen molar-refractivity contribution in [2.75, 3.05) is 19.0 Å². The van der Waals surface area contributed by atoms with Gasteiger partial charge in [0.05, 0.1) is 23.8 Å². The zero-order chi connectivity index (χ0) is 19.3. The van der Waals surface area contributed by atoms with Crippen LogP contribution in [0.15, 0.2) is 24.3 Å². The maximum Gasteiger partial charge on any atom is 0.348 e. The van der Waals surface area contributed by atoms with E-state index in [0.29, 0.717) is 4.88 Å². The van der Waals surface area contributed by atoms with Gasteiger partial charge in [0.15, 0.2) is 6.61 Å². The van der Waals surface area contributed by atoms with Crippen molar-refractivity contribution in [2.24, 2.45) is 0 Å². The number of aryl methyl sites for hydroxylation is 2. The van der Waals surface area contributed by atoms with Gasteiger partial charge in [0.25, 0.3) is 11.6 Å². The number of thiophene rings is 1. The van der Waals surface area contributed by atoms with E-state index in [1.54, 1.807) is 6.07 Å². The predicted molar refractivity (Wildman–Crippen MR) is 97.0 cm³/mol. The van der Waals surface area contributed by atoms with Crippen LogP contribution < -0.4 is 10.1 Å². The van der Waals surface area contributed by atoms with Crippen LogP contribution in [0.5, 0.6) is 5.75 Å².